The number of pyridine rings is 1. The summed E-state index contributed by atoms with van der Waals surface area (Å²) in [5.74, 6) is 1.34. The van der Waals surface area contributed by atoms with E-state index in [1.807, 2.05) is 29.2 Å². The van der Waals surface area contributed by atoms with E-state index in [4.69, 9.17) is 9.47 Å². The molecule has 3 aliphatic heterocycles. The van der Waals surface area contributed by atoms with Gasteiger partial charge in [0.05, 0.1) is 18.3 Å². The molecule has 2 atom stereocenters. The number of aromatic nitrogens is 1. The summed E-state index contributed by atoms with van der Waals surface area (Å²) in [6, 6.07) is 11.9. The number of nitrogens with zero attached hydrogens (tertiary/aromatic N) is 2. The lowest BCUT2D eigenvalue weighted by Crippen LogP contribution is -2.54. The average molecular weight is 392 g/mol. The minimum Gasteiger partial charge on any atom is -0.487 e. The van der Waals surface area contributed by atoms with Crippen LogP contribution < -0.4 is 4.74 Å². The zero-order chi connectivity index (χ0) is 20.1. The third-order valence-electron chi connectivity index (χ3n) is 7.10. The van der Waals surface area contributed by atoms with Crippen LogP contribution in [-0.4, -0.2) is 41.1 Å². The van der Waals surface area contributed by atoms with Crippen LogP contribution in [0.25, 0.3) is 0 Å². The fourth-order valence-electron chi connectivity index (χ4n) is 5.30. The van der Waals surface area contributed by atoms with Crippen molar-refractivity contribution in [2.45, 2.75) is 44.8 Å². The Morgan fingerprint density at radius 1 is 1.14 bits per heavy atom. The molecule has 1 amide bonds. The van der Waals surface area contributed by atoms with Gasteiger partial charge in [0.2, 0.25) is 0 Å². The molecular weight excluding hydrogens is 364 g/mol. The molecule has 0 radical (unpaired) electrons. The van der Waals surface area contributed by atoms with Crippen LogP contribution >= 0.6 is 0 Å². The van der Waals surface area contributed by atoms with E-state index in [-0.39, 0.29) is 23.0 Å². The normalized spacial score (nSPS) is 26.9. The van der Waals surface area contributed by atoms with Gasteiger partial charge in [0, 0.05) is 37.0 Å². The molecule has 4 heterocycles. The molecule has 5 heteroatoms. The molecule has 1 spiro atoms. The van der Waals surface area contributed by atoms with Crippen molar-refractivity contribution in [2.24, 2.45) is 11.3 Å². The Bertz CT molecular complexity index is 903. The van der Waals surface area contributed by atoms with Crippen molar-refractivity contribution < 1.29 is 14.3 Å². The number of para-hydroxylation sites is 1. The third-order valence-corrected chi connectivity index (χ3v) is 7.10. The quantitative estimate of drug-likeness (QED) is 0.728. The first kappa shape index (κ1) is 18.6. The highest BCUT2D eigenvalue weighted by Crippen LogP contribution is 2.55. The molecule has 2 saturated heterocycles. The Morgan fingerprint density at radius 3 is 2.69 bits per heavy atom. The van der Waals surface area contributed by atoms with Crippen LogP contribution in [0.2, 0.25) is 0 Å². The summed E-state index contributed by atoms with van der Waals surface area (Å²) in [5.41, 5.74) is 1.70. The zero-order valence-corrected chi connectivity index (χ0v) is 17.1. The van der Waals surface area contributed by atoms with Crippen molar-refractivity contribution in [3.05, 3.63) is 59.9 Å². The Morgan fingerprint density at radius 2 is 1.93 bits per heavy atom. The van der Waals surface area contributed by atoms with Gasteiger partial charge in [-0.2, -0.15) is 0 Å². The number of carbonyl (C=O) groups is 1. The van der Waals surface area contributed by atoms with Crippen LogP contribution in [0.4, 0.5) is 0 Å². The van der Waals surface area contributed by atoms with E-state index in [1.54, 1.807) is 12.4 Å². The average Bonchev–Trinajstić information content (AvgIpc) is 2.74. The van der Waals surface area contributed by atoms with E-state index in [1.165, 1.54) is 5.56 Å². The third kappa shape index (κ3) is 3.21. The number of piperidine rings is 1. The number of amides is 1. The molecule has 5 rings (SSSR count). The zero-order valence-electron chi connectivity index (χ0n) is 17.1. The lowest BCUT2D eigenvalue weighted by atomic mass is 9.64. The monoisotopic (exact) mass is 392 g/mol. The lowest BCUT2D eigenvalue weighted by Gasteiger charge is -2.54. The van der Waals surface area contributed by atoms with Gasteiger partial charge in [-0.15, -0.1) is 0 Å². The topological polar surface area (TPSA) is 51.7 Å². The van der Waals surface area contributed by atoms with Crippen LogP contribution in [0.5, 0.6) is 5.75 Å². The minimum atomic E-state index is -0.269. The molecule has 5 nitrogen and oxygen atoms in total. The molecule has 0 bridgehead atoms. The Kier molecular flexibility index (Phi) is 4.39. The molecule has 0 aliphatic carbocycles. The number of rotatable bonds is 1. The Hall–Kier alpha value is -2.40. The smallest absolute Gasteiger partial charge is 0.255 e. The molecule has 1 aromatic carbocycles. The molecule has 2 fully saturated rings. The van der Waals surface area contributed by atoms with Crippen molar-refractivity contribution in [1.82, 2.24) is 9.88 Å². The van der Waals surface area contributed by atoms with Gasteiger partial charge in [-0.05, 0) is 56.7 Å². The fraction of sp³-hybridized carbons (Fsp3) is 0.500. The molecule has 1 aromatic heterocycles. The van der Waals surface area contributed by atoms with Gasteiger partial charge in [0.1, 0.15) is 11.4 Å². The predicted octanol–water partition coefficient (Wildman–Crippen LogP) is 4.25. The summed E-state index contributed by atoms with van der Waals surface area (Å²) in [7, 11) is 0. The highest BCUT2D eigenvalue weighted by atomic mass is 16.5. The Balaban J connectivity index is 1.32. The van der Waals surface area contributed by atoms with Gasteiger partial charge in [-0.1, -0.05) is 18.2 Å². The van der Waals surface area contributed by atoms with Crippen molar-refractivity contribution >= 4 is 5.91 Å². The SMILES string of the molecule is CC1(C)Oc2ccccc2[C@H]2OCC3(CCN(C(=O)c4cccnc4)CC3)C[C@@H]21. The Labute approximate surface area is 172 Å². The highest BCUT2D eigenvalue weighted by molar-refractivity contribution is 5.93. The van der Waals surface area contributed by atoms with Gasteiger partial charge in [0.25, 0.3) is 5.91 Å². The van der Waals surface area contributed by atoms with Crippen molar-refractivity contribution in [3.8, 4) is 5.75 Å². The van der Waals surface area contributed by atoms with Crippen LogP contribution in [-0.2, 0) is 4.74 Å². The van der Waals surface area contributed by atoms with Gasteiger partial charge < -0.3 is 14.4 Å². The molecular formula is C24H28N2O3. The first-order valence-electron chi connectivity index (χ1n) is 10.6. The van der Waals surface area contributed by atoms with Crippen LogP contribution in [0, 0.1) is 11.3 Å². The van der Waals surface area contributed by atoms with E-state index in [9.17, 15) is 4.79 Å². The van der Waals surface area contributed by atoms with Crippen LogP contribution in [0.3, 0.4) is 0 Å². The number of fused-ring (bicyclic) bond motifs is 3. The van der Waals surface area contributed by atoms with Crippen LogP contribution in [0.1, 0.15) is 55.1 Å². The second-order valence-electron chi connectivity index (χ2n) is 9.32. The van der Waals surface area contributed by atoms with Crippen molar-refractivity contribution in [3.63, 3.8) is 0 Å². The molecule has 0 N–H and O–H groups in total. The summed E-state index contributed by atoms with van der Waals surface area (Å²) >= 11 is 0. The number of ether oxygens (including phenoxy) is 2. The molecule has 0 saturated carbocycles. The first-order valence-corrected chi connectivity index (χ1v) is 10.6. The number of benzene rings is 1. The van der Waals surface area contributed by atoms with Crippen LogP contribution in [0.15, 0.2) is 48.8 Å². The predicted molar refractivity (Wildman–Crippen MR) is 110 cm³/mol. The van der Waals surface area contributed by atoms with Gasteiger partial charge in [-0.3, -0.25) is 9.78 Å². The molecule has 29 heavy (non-hydrogen) atoms. The van der Waals surface area contributed by atoms with Crippen molar-refractivity contribution in [1.29, 1.82) is 0 Å². The molecule has 0 unspecified atom stereocenters. The maximum absolute atomic E-state index is 12.8. The van der Waals surface area contributed by atoms with Gasteiger partial charge in [-0.25, -0.2) is 0 Å². The maximum Gasteiger partial charge on any atom is 0.255 e. The van der Waals surface area contributed by atoms with E-state index in [2.05, 4.69) is 31.0 Å². The van der Waals surface area contributed by atoms with Gasteiger partial charge >= 0.3 is 0 Å². The second-order valence-corrected chi connectivity index (χ2v) is 9.32. The number of hydrogen-bond acceptors (Lipinski definition) is 4. The van der Waals surface area contributed by atoms with Gasteiger partial charge in [0.15, 0.2) is 0 Å². The summed E-state index contributed by atoms with van der Waals surface area (Å²) < 4.78 is 12.9. The van der Waals surface area contributed by atoms with E-state index in [0.29, 0.717) is 11.5 Å². The summed E-state index contributed by atoms with van der Waals surface area (Å²) in [6.07, 6.45) is 6.47. The standard InChI is InChI=1S/C24H28N2O3/c1-23(2)19-14-24(16-28-21(19)18-7-3-4-8-20(18)29-23)9-12-26(13-10-24)22(27)17-6-5-11-25-15-17/h3-8,11,15,19,21H,9-10,12-14,16H2,1-2H3/t19-,21+/m0/s1. The molecule has 2 aromatic rings. The van der Waals surface area contributed by atoms with Crippen molar-refractivity contribution in [2.75, 3.05) is 19.7 Å². The summed E-state index contributed by atoms with van der Waals surface area (Å²) in [6.45, 7) is 6.67. The van der Waals surface area contributed by atoms with E-state index >= 15 is 0 Å². The lowest BCUT2D eigenvalue weighted by molar-refractivity contribution is -0.173. The fourth-order valence-corrected chi connectivity index (χ4v) is 5.30. The van der Waals surface area contributed by atoms with E-state index < -0.39 is 0 Å². The number of carbonyl (C=O) groups excluding carboxylic acids is 1. The summed E-state index contributed by atoms with van der Waals surface area (Å²) in [5, 5.41) is 0. The minimum absolute atomic E-state index is 0.0813. The number of hydrogen-bond donors (Lipinski definition) is 0. The van der Waals surface area contributed by atoms with E-state index in [0.717, 1.165) is 44.7 Å². The number of likely N-dealkylation sites (tertiary alicyclic amines) is 1. The first-order chi connectivity index (χ1) is 14.0. The largest absolute Gasteiger partial charge is 0.487 e. The summed E-state index contributed by atoms with van der Waals surface area (Å²) in [4.78, 5) is 18.8. The maximum atomic E-state index is 12.8. The molecule has 3 aliphatic rings. The highest BCUT2D eigenvalue weighted by Gasteiger charge is 2.52. The second kappa shape index (κ2) is 6.84. The molecule has 152 valence electrons.